The number of nitrogens with zero attached hydrogens (tertiary/aromatic N) is 1. The molecular weight excluding hydrogens is 205 g/mol. The lowest BCUT2D eigenvalue weighted by Crippen LogP contribution is -2.19. The Bertz CT molecular complexity index is 376. The normalized spacial score (nSPS) is 9.88. The van der Waals surface area contributed by atoms with E-state index in [4.69, 9.17) is 0 Å². The van der Waals surface area contributed by atoms with Gasteiger partial charge in [-0.1, -0.05) is 6.08 Å². The fourth-order valence-corrected chi connectivity index (χ4v) is 1.56. The molecule has 3 heteroatoms. The summed E-state index contributed by atoms with van der Waals surface area (Å²) in [5.74, 6) is -0.384. The molecule has 1 aromatic carbocycles. The van der Waals surface area contributed by atoms with Crippen LogP contribution < -0.4 is 4.90 Å². The number of carbonyl (C=O) groups excluding carboxylic acids is 1. The Balaban J connectivity index is 2.77. The molecule has 0 atom stereocenters. The highest BCUT2D eigenvalue weighted by atomic mass is 19.1. The number of halogens is 1. The van der Waals surface area contributed by atoms with Gasteiger partial charge in [-0.2, -0.15) is 0 Å². The van der Waals surface area contributed by atoms with Gasteiger partial charge in [0.15, 0.2) is 6.29 Å². The van der Waals surface area contributed by atoms with Crippen LogP contribution in [0.25, 0.3) is 0 Å². The number of hydrogen-bond donors (Lipinski definition) is 0. The Morgan fingerprint density at radius 3 is 2.88 bits per heavy atom. The molecule has 86 valence electrons. The molecule has 2 nitrogen and oxygen atoms in total. The van der Waals surface area contributed by atoms with E-state index in [1.165, 1.54) is 12.1 Å². The molecule has 0 aliphatic heterocycles. The van der Waals surface area contributed by atoms with Crippen LogP contribution >= 0.6 is 0 Å². The summed E-state index contributed by atoms with van der Waals surface area (Å²) in [6, 6.07) is 4.26. The summed E-state index contributed by atoms with van der Waals surface area (Å²) in [4.78, 5) is 12.8. The zero-order valence-electron chi connectivity index (χ0n) is 9.45. The van der Waals surface area contributed by atoms with Gasteiger partial charge in [-0.3, -0.25) is 4.79 Å². The lowest BCUT2D eigenvalue weighted by Gasteiger charge is -2.20. The molecule has 0 N–H and O–H groups in total. The van der Waals surface area contributed by atoms with E-state index in [0.717, 1.165) is 25.1 Å². The van der Waals surface area contributed by atoms with Crippen molar-refractivity contribution in [3.63, 3.8) is 0 Å². The van der Waals surface area contributed by atoms with Crippen LogP contribution in [0.4, 0.5) is 10.1 Å². The van der Waals surface area contributed by atoms with Gasteiger partial charge in [0.2, 0.25) is 0 Å². The zero-order chi connectivity index (χ0) is 12.0. The van der Waals surface area contributed by atoms with Crippen molar-refractivity contribution in [2.45, 2.75) is 12.8 Å². The molecule has 0 saturated carbocycles. The van der Waals surface area contributed by atoms with Gasteiger partial charge in [0.25, 0.3) is 0 Å². The number of rotatable bonds is 6. The number of unbranched alkanes of at least 4 members (excludes halogenated alkanes) is 1. The SMILES string of the molecule is C=CCCCN(C)c1ccc(F)cc1C=O. The molecule has 1 aromatic rings. The first-order valence-electron chi connectivity index (χ1n) is 5.25. The molecule has 0 spiro atoms. The molecule has 0 saturated heterocycles. The second-order valence-electron chi connectivity index (χ2n) is 3.67. The minimum absolute atomic E-state index is 0.384. The van der Waals surface area contributed by atoms with Crippen LogP contribution in [-0.2, 0) is 0 Å². The number of allylic oxidation sites excluding steroid dienone is 1. The maximum Gasteiger partial charge on any atom is 0.152 e. The van der Waals surface area contributed by atoms with Gasteiger partial charge < -0.3 is 4.90 Å². The molecule has 0 aliphatic rings. The minimum Gasteiger partial charge on any atom is -0.374 e. The van der Waals surface area contributed by atoms with Crippen molar-refractivity contribution in [3.05, 3.63) is 42.2 Å². The topological polar surface area (TPSA) is 20.3 Å². The molecular formula is C13H16FNO. The molecule has 0 amide bonds. The Hall–Kier alpha value is -1.64. The van der Waals surface area contributed by atoms with Crippen LogP contribution in [0, 0.1) is 5.82 Å². The van der Waals surface area contributed by atoms with Crippen molar-refractivity contribution in [2.24, 2.45) is 0 Å². The summed E-state index contributed by atoms with van der Waals surface area (Å²) in [7, 11) is 1.89. The van der Waals surface area contributed by atoms with Crippen LogP contribution in [0.3, 0.4) is 0 Å². The highest BCUT2D eigenvalue weighted by Crippen LogP contribution is 2.19. The number of carbonyl (C=O) groups is 1. The summed E-state index contributed by atoms with van der Waals surface area (Å²) >= 11 is 0. The third-order valence-electron chi connectivity index (χ3n) is 2.43. The number of aldehydes is 1. The van der Waals surface area contributed by atoms with E-state index < -0.39 is 0 Å². The van der Waals surface area contributed by atoms with Gasteiger partial charge in [-0.05, 0) is 31.0 Å². The Morgan fingerprint density at radius 2 is 2.25 bits per heavy atom. The smallest absolute Gasteiger partial charge is 0.152 e. The Kier molecular flexibility index (Phi) is 4.70. The van der Waals surface area contributed by atoms with Gasteiger partial charge in [-0.15, -0.1) is 6.58 Å². The molecule has 0 bridgehead atoms. The first-order chi connectivity index (χ1) is 7.69. The van der Waals surface area contributed by atoms with E-state index in [-0.39, 0.29) is 5.82 Å². The highest BCUT2D eigenvalue weighted by Gasteiger charge is 2.07. The molecule has 0 radical (unpaired) electrons. The molecule has 0 fully saturated rings. The number of hydrogen-bond acceptors (Lipinski definition) is 2. The fraction of sp³-hybridized carbons (Fsp3) is 0.308. The van der Waals surface area contributed by atoms with Gasteiger partial charge in [-0.25, -0.2) is 4.39 Å². The van der Waals surface area contributed by atoms with Crippen LogP contribution in [-0.4, -0.2) is 19.9 Å². The summed E-state index contributed by atoms with van der Waals surface area (Å²) in [6.45, 7) is 4.47. The van der Waals surface area contributed by atoms with Gasteiger partial charge >= 0.3 is 0 Å². The fourth-order valence-electron chi connectivity index (χ4n) is 1.56. The van der Waals surface area contributed by atoms with Gasteiger partial charge in [0.1, 0.15) is 5.82 Å². The van der Waals surface area contributed by atoms with Crippen molar-refractivity contribution < 1.29 is 9.18 Å². The monoisotopic (exact) mass is 221 g/mol. The molecule has 0 aliphatic carbocycles. The van der Waals surface area contributed by atoms with Crippen molar-refractivity contribution >= 4 is 12.0 Å². The van der Waals surface area contributed by atoms with Crippen molar-refractivity contribution in [1.82, 2.24) is 0 Å². The second-order valence-corrected chi connectivity index (χ2v) is 3.67. The predicted molar refractivity (Wildman–Crippen MR) is 64.5 cm³/mol. The van der Waals surface area contributed by atoms with E-state index in [2.05, 4.69) is 6.58 Å². The summed E-state index contributed by atoms with van der Waals surface area (Å²) in [5, 5.41) is 0. The number of anilines is 1. The maximum absolute atomic E-state index is 12.9. The average Bonchev–Trinajstić information content (AvgIpc) is 2.29. The highest BCUT2D eigenvalue weighted by molar-refractivity contribution is 5.84. The van der Waals surface area contributed by atoms with E-state index in [9.17, 15) is 9.18 Å². The van der Waals surface area contributed by atoms with Crippen molar-refractivity contribution in [2.75, 3.05) is 18.5 Å². The standard InChI is InChI=1S/C13H16FNO/c1-3-4-5-8-15(2)13-7-6-12(14)9-11(13)10-16/h3,6-7,9-10H,1,4-5,8H2,2H3. The lowest BCUT2D eigenvalue weighted by atomic mass is 10.1. The number of benzene rings is 1. The van der Waals surface area contributed by atoms with E-state index in [1.54, 1.807) is 6.07 Å². The van der Waals surface area contributed by atoms with Crippen molar-refractivity contribution in [1.29, 1.82) is 0 Å². The van der Waals surface area contributed by atoms with Crippen LogP contribution in [0.2, 0.25) is 0 Å². The third-order valence-corrected chi connectivity index (χ3v) is 2.43. The van der Waals surface area contributed by atoms with E-state index >= 15 is 0 Å². The Labute approximate surface area is 95.4 Å². The van der Waals surface area contributed by atoms with E-state index in [0.29, 0.717) is 11.8 Å². The van der Waals surface area contributed by atoms with E-state index in [1.807, 2.05) is 18.0 Å². The lowest BCUT2D eigenvalue weighted by molar-refractivity contribution is 0.112. The average molecular weight is 221 g/mol. The molecule has 16 heavy (non-hydrogen) atoms. The third kappa shape index (κ3) is 3.19. The van der Waals surface area contributed by atoms with Crippen LogP contribution in [0.15, 0.2) is 30.9 Å². The first-order valence-corrected chi connectivity index (χ1v) is 5.25. The molecule has 0 unspecified atom stereocenters. The largest absolute Gasteiger partial charge is 0.374 e. The summed E-state index contributed by atoms with van der Waals surface area (Å²) < 4.78 is 12.9. The second kappa shape index (κ2) is 6.05. The Morgan fingerprint density at radius 1 is 1.50 bits per heavy atom. The minimum atomic E-state index is -0.384. The summed E-state index contributed by atoms with van der Waals surface area (Å²) in [5.41, 5.74) is 1.15. The molecule has 0 heterocycles. The van der Waals surface area contributed by atoms with Crippen LogP contribution in [0.1, 0.15) is 23.2 Å². The van der Waals surface area contributed by atoms with Crippen molar-refractivity contribution in [3.8, 4) is 0 Å². The molecule has 1 rings (SSSR count). The van der Waals surface area contributed by atoms with Gasteiger partial charge in [0.05, 0.1) is 0 Å². The summed E-state index contributed by atoms with van der Waals surface area (Å²) in [6.07, 6.45) is 4.44. The predicted octanol–water partition coefficient (Wildman–Crippen LogP) is 3.04. The zero-order valence-corrected chi connectivity index (χ0v) is 9.45. The van der Waals surface area contributed by atoms with Crippen LogP contribution in [0.5, 0.6) is 0 Å². The first kappa shape index (κ1) is 12.4. The van der Waals surface area contributed by atoms with Gasteiger partial charge in [0, 0.05) is 24.8 Å². The molecule has 0 aromatic heterocycles. The quantitative estimate of drug-likeness (QED) is 0.418. The maximum atomic E-state index is 12.9.